The van der Waals surface area contributed by atoms with Crippen LogP contribution in [0.2, 0.25) is 5.02 Å². The molecule has 0 aliphatic rings. The van der Waals surface area contributed by atoms with Gasteiger partial charge in [-0.1, -0.05) is 23.7 Å². The van der Waals surface area contributed by atoms with E-state index in [1.807, 2.05) is 6.26 Å². The van der Waals surface area contributed by atoms with Crippen molar-refractivity contribution in [1.82, 2.24) is 4.57 Å². The fraction of sp³-hybridized carbons (Fsp3) is 0.125. The maximum Gasteiger partial charge on any atom is 0.323 e. The van der Waals surface area contributed by atoms with Crippen molar-refractivity contribution in [3.63, 3.8) is 0 Å². The second-order valence-electron chi connectivity index (χ2n) is 4.80. The van der Waals surface area contributed by atoms with Crippen LogP contribution in [0.3, 0.4) is 0 Å². The van der Waals surface area contributed by atoms with Crippen LogP contribution in [-0.2, 0) is 11.3 Å². The molecule has 22 heavy (non-hydrogen) atoms. The monoisotopic (exact) mass is 333 g/mol. The van der Waals surface area contributed by atoms with E-state index in [9.17, 15) is 14.7 Å². The van der Waals surface area contributed by atoms with E-state index in [0.29, 0.717) is 31.7 Å². The topological polar surface area (TPSA) is 59.3 Å². The highest BCUT2D eigenvalue weighted by Crippen LogP contribution is 2.33. The third-order valence-corrected chi connectivity index (χ3v) is 4.78. The summed E-state index contributed by atoms with van der Waals surface area (Å²) in [5, 5.41) is 10.7. The number of aliphatic carboxylic acids is 1. The molecule has 1 N–H and O–H groups in total. The van der Waals surface area contributed by atoms with E-state index < -0.39 is 5.97 Å². The van der Waals surface area contributed by atoms with Crippen LogP contribution in [0.25, 0.3) is 21.8 Å². The van der Waals surface area contributed by atoms with E-state index in [2.05, 4.69) is 0 Å². The highest BCUT2D eigenvalue weighted by Gasteiger charge is 2.17. The summed E-state index contributed by atoms with van der Waals surface area (Å²) in [6.45, 7) is -0.231. The minimum Gasteiger partial charge on any atom is -0.480 e. The number of pyridine rings is 1. The third kappa shape index (κ3) is 2.26. The van der Waals surface area contributed by atoms with Crippen molar-refractivity contribution in [2.45, 2.75) is 11.4 Å². The first-order valence-corrected chi connectivity index (χ1v) is 8.14. The molecule has 0 saturated carbocycles. The van der Waals surface area contributed by atoms with Gasteiger partial charge in [0.15, 0.2) is 5.43 Å². The average molecular weight is 334 g/mol. The summed E-state index contributed by atoms with van der Waals surface area (Å²) in [5.41, 5.74) is 1.06. The van der Waals surface area contributed by atoms with Crippen LogP contribution in [0.4, 0.5) is 0 Å². The first-order valence-electron chi connectivity index (χ1n) is 6.54. The summed E-state index contributed by atoms with van der Waals surface area (Å²) in [7, 11) is 0. The molecule has 3 aromatic rings. The lowest BCUT2D eigenvalue weighted by molar-refractivity contribution is -0.137. The number of para-hydroxylation sites is 1. The average Bonchev–Trinajstić information content (AvgIpc) is 2.51. The van der Waals surface area contributed by atoms with Crippen LogP contribution in [-0.4, -0.2) is 21.9 Å². The Kier molecular flexibility index (Phi) is 3.85. The number of carbonyl (C=O) groups is 1. The van der Waals surface area contributed by atoms with Crippen molar-refractivity contribution in [1.29, 1.82) is 0 Å². The van der Waals surface area contributed by atoms with Crippen molar-refractivity contribution < 1.29 is 9.90 Å². The Morgan fingerprint density at radius 2 is 1.95 bits per heavy atom. The molecule has 2 aromatic carbocycles. The number of thioether (sulfide) groups is 1. The summed E-state index contributed by atoms with van der Waals surface area (Å²) >= 11 is 7.63. The lowest BCUT2D eigenvalue weighted by atomic mass is 10.1. The SMILES string of the molecule is CSc1c(Cl)ccc2c(=O)c3ccccc3n(CC(=O)O)c12. The summed E-state index contributed by atoms with van der Waals surface area (Å²) < 4.78 is 1.64. The molecule has 0 amide bonds. The van der Waals surface area contributed by atoms with E-state index in [1.54, 1.807) is 41.0 Å². The number of fused-ring (bicyclic) bond motifs is 2. The van der Waals surface area contributed by atoms with Gasteiger partial charge in [-0.25, -0.2) is 0 Å². The van der Waals surface area contributed by atoms with Gasteiger partial charge in [-0.3, -0.25) is 9.59 Å². The van der Waals surface area contributed by atoms with Crippen LogP contribution in [0, 0.1) is 0 Å². The number of halogens is 1. The smallest absolute Gasteiger partial charge is 0.323 e. The van der Waals surface area contributed by atoms with Gasteiger partial charge in [-0.15, -0.1) is 11.8 Å². The van der Waals surface area contributed by atoms with Crippen molar-refractivity contribution in [2.24, 2.45) is 0 Å². The Morgan fingerprint density at radius 1 is 1.23 bits per heavy atom. The van der Waals surface area contributed by atoms with Gasteiger partial charge in [0, 0.05) is 10.8 Å². The molecule has 112 valence electrons. The van der Waals surface area contributed by atoms with Gasteiger partial charge in [-0.05, 0) is 30.5 Å². The Bertz CT molecular complexity index is 965. The second-order valence-corrected chi connectivity index (χ2v) is 6.03. The maximum absolute atomic E-state index is 12.7. The maximum atomic E-state index is 12.7. The summed E-state index contributed by atoms with van der Waals surface area (Å²) in [6, 6.07) is 10.4. The van der Waals surface area contributed by atoms with Crippen LogP contribution in [0.1, 0.15) is 0 Å². The molecule has 1 heterocycles. The number of carboxylic acids is 1. The number of nitrogens with zero attached hydrogens (tertiary/aromatic N) is 1. The Morgan fingerprint density at radius 3 is 2.64 bits per heavy atom. The van der Waals surface area contributed by atoms with E-state index in [4.69, 9.17) is 11.6 Å². The molecular weight excluding hydrogens is 322 g/mol. The van der Waals surface area contributed by atoms with Gasteiger partial charge >= 0.3 is 5.97 Å². The van der Waals surface area contributed by atoms with Crippen LogP contribution >= 0.6 is 23.4 Å². The summed E-state index contributed by atoms with van der Waals surface area (Å²) in [6.07, 6.45) is 1.85. The molecule has 0 radical (unpaired) electrons. The lowest BCUT2D eigenvalue weighted by Gasteiger charge is -2.16. The van der Waals surface area contributed by atoms with Crippen LogP contribution in [0.15, 0.2) is 46.1 Å². The van der Waals surface area contributed by atoms with Crippen LogP contribution in [0.5, 0.6) is 0 Å². The minimum absolute atomic E-state index is 0.112. The molecule has 0 saturated heterocycles. The fourth-order valence-electron chi connectivity index (χ4n) is 2.66. The predicted octanol–water partition coefficient (Wildman–Crippen LogP) is 3.61. The molecular formula is C16H12ClNO3S. The van der Waals surface area contributed by atoms with Gasteiger partial charge in [0.05, 0.1) is 21.0 Å². The predicted molar refractivity (Wildman–Crippen MR) is 90.1 cm³/mol. The van der Waals surface area contributed by atoms with E-state index in [-0.39, 0.29) is 12.0 Å². The Hall–Kier alpha value is -1.98. The highest BCUT2D eigenvalue weighted by molar-refractivity contribution is 7.99. The van der Waals surface area contributed by atoms with Gasteiger partial charge in [-0.2, -0.15) is 0 Å². The zero-order chi connectivity index (χ0) is 15.9. The zero-order valence-electron chi connectivity index (χ0n) is 11.7. The zero-order valence-corrected chi connectivity index (χ0v) is 13.2. The van der Waals surface area contributed by atoms with E-state index in [0.717, 1.165) is 0 Å². The fourth-order valence-corrected chi connectivity index (χ4v) is 3.72. The molecule has 0 bridgehead atoms. The molecule has 0 atom stereocenters. The van der Waals surface area contributed by atoms with Crippen LogP contribution < -0.4 is 5.43 Å². The largest absolute Gasteiger partial charge is 0.480 e. The first kappa shape index (κ1) is 14.9. The first-order chi connectivity index (χ1) is 10.5. The molecule has 0 aliphatic carbocycles. The molecule has 1 aromatic heterocycles. The highest BCUT2D eigenvalue weighted by atomic mass is 35.5. The number of benzene rings is 2. The molecule has 0 spiro atoms. The molecule has 0 aliphatic heterocycles. The van der Waals surface area contributed by atoms with Crippen molar-refractivity contribution >= 4 is 51.1 Å². The number of hydrogen-bond donors (Lipinski definition) is 1. The standard InChI is InChI=1S/C16H12ClNO3S/c1-22-16-11(17)7-6-10-14(16)18(8-13(19)20)12-5-3-2-4-9(12)15(10)21/h2-7H,8H2,1H3,(H,19,20). The van der Waals surface area contributed by atoms with Gasteiger partial charge in [0.2, 0.25) is 0 Å². The van der Waals surface area contributed by atoms with Gasteiger partial charge < -0.3 is 9.67 Å². The van der Waals surface area contributed by atoms with Crippen molar-refractivity contribution in [3.05, 3.63) is 51.6 Å². The number of aromatic nitrogens is 1. The molecule has 4 nitrogen and oxygen atoms in total. The Labute approximate surface area is 135 Å². The summed E-state index contributed by atoms with van der Waals surface area (Å²) in [5.74, 6) is -0.970. The third-order valence-electron chi connectivity index (χ3n) is 3.53. The number of carboxylic acid groups (broad SMARTS) is 1. The normalized spacial score (nSPS) is 11.2. The second kappa shape index (κ2) is 5.66. The van der Waals surface area contributed by atoms with Crippen molar-refractivity contribution in [2.75, 3.05) is 6.26 Å². The van der Waals surface area contributed by atoms with E-state index >= 15 is 0 Å². The number of rotatable bonds is 3. The minimum atomic E-state index is -0.970. The molecule has 6 heteroatoms. The molecule has 0 unspecified atom stereocenters. The summed E-state index contributed by atoms with van der Waals surface area (Å²) in [4.78, 5) is 24.7. The van der Waals surface area contributed by atoms with Gasteiger partial charge in [0.25, 0.3) is 0 Å². The lowest BCUT2D eigenvalue weighted by Crippen LogP contribution is -2.16. The van der Waals surface area contributed by atoms with Crippen molar-refractivity contribution in [3.8, 4) is 0 Å². The van der Waals surface area contributed by atoms with E-state index in [1.165, 1.54) is 11.8 Å². The quantitative estimate of drug-likeness (QED) is 0.587. The van der Waals surface area contributed by atoms with Gasteiger partial charge in [0.1, 0.15) is 6.54 Å². The molecule has 0 fully saturated rings. The number of hydrogen-bond acceptors (Lipinski definition) is 3. The molecule has 3 rings (SSSR count). The Balaban J connectivity index is 2.62.